The highest BCUT2D eigenvalue weighted by Gasteiger charge is 2.20. The van der Waals surface area contributed by atoms with Crippen molar-refractivity contribution in [2.75, 3.05) is 43.0 Å². The van der Waals surface area contributed by atoms with Crippen LogP contribution in [-0.4, -0.2) is 54.0 Å². The molecule has 1 fully saturated rings. The zero-order chi connectivity index (χ0) is 16.2. The zero-order valence-corrected chi connectivity index (χ0v) is 13.5. The fraction of sp³-hybridized carbons (Fsp3) is 0.353. The van der Waals surface area contributed by atoms with Gasteiger partial charge in [-0.15, -0.1) is 0 Å². The number of piperazine rings is 1. The van der Waals surface area contributed by atoms with E-state index in [9.17, 15) is 4.79 Å². The molecule has 1 aromatic carbocycles. The maximum atomic E-state index is 11.4. The summed E-state index contributed by atoms with van der Waals surface area (Å²) in [4.78, 5) is 26.5. The Kier molecular flexibility index (Phi) is 4.41. The third-order valence-corrected chi connectivity index (χ3v) is 4.12. The minimum Gasteiger partial charge on any atom is -0.339 e. The summed E-state index contributed by atoms with van der Waals surface area (Å²) in [6.07, 6.45) is 1.79. The Morgan fingerprint density at radius 2 is 1.78 bits per heavy atom. The molecule has 1 aliphatic heterocycles. The van der Waals surface area contributed by atoms with Crippen LogP contribution in [0.4, 0.5) is 17.5 Å². The number of hydrogen-bond donors (Lipinski definition) is 0. The quantitative estimate of drug-likeness (QED) is 0.867. The van der Waals surface area contributed by atoms with Crippen LogP contribution in [0.1, 0.15) is 6.92 Å². The van der Waals surface area contributed by atoms with Crippen molar-refractivity contribution in [3.05, 3.63) is 42.6 Å². The molecule has 0 aliphatic carbocycles. The lowest BCUT2D eigenvalue weighted by atomic mass is 10.3. The second kappa shape index (κ2) is 6.64. The van der Waals surface area contributed by atoms with E-state index in [0.717, 1.165) is 37.7 Å². The van der Waals surface area contributed by atoms with Gasteiger partial charge in [-0.1, -0.05) is 18.2 Å². The summed E-state index contributed by atoms with van der Waals surface area (Å²) in [5.74, 6) is 1.70. The molecule has 0 saturated carbocycles. The molecule has 1 saturated heterocycles. The van der Waals surface area contributed by atoms with E-state index in [1.54, 1.807) is 13.1 Å². The molecule has 23 heavy (non-hydrogen) atoms. The van der Waals surface area contributed by atoms with Crippen LogP contribution in [0.15, 0.2) is 42.6 Å². The van der Waals surface area contributed by atoms with Crippen LogP contribution in [0.5, 0.6) is 0 Å². The highest BCUT2D eigenvalue weighted by Crippen LogP contribution is 2.22. The van der Waals surface area contributed by atoms with Gasteiger partial charge in [-0.05, 0) is 18.2 Å². The summed E-state index contributed by atoms with van der Waals surface area (Å²) >= 11 is 0. The minimum absolute atomic E-state index is 0.128. The third-order valence-electron chi connectivity index (χ3n) is 4.12. The summed E-state index contributed by atoms with van der Waals surface area (Å²) in [5.41, 5.74) is 1.08. The predicted octanol–water partition coefficient (Wildman–Crippen LogP) is 1.91. The van der Waals surface area contributed by atoms with E-state index >= 15 is 0 Å². The van der Waals surface area contributed by atoms with Gasteiger partial charge in [0.05, 0.1) is 0 Å². The van der Waals surface area contributed by atoms with Crippen molar-refractivity contribution in [1.29, 1.82) is 0 Å². The van der Waals surface area contributed by atoms with E-state index in [4.69, 9.17) is 0 Å². The smallest absolute Gasteiger partial charge is 0.227 e. The highest BCUT2D eigenvalue weighted by molar-refractivity contribution is 5.73. The first-order chi connectivity index (χ1) is 11.1. The Balaban J connectivity index is 1.74. The Labute approximate surface area is 136 Å². The summed E-state index contributed by atoms with van der Waals surface area (Å²) in [6.45, 7) is 4.58. The van der Waals surface area contributed by atoms with Crippen LogP contribution in [0.3, 0.4) is 0 Å². The molecule has 3 rings (SSSR count). The summed E-state index contributed by atoms with van der Waals surface area (Å²) < 4.78 is 0. The molecule has 0 unspecified atom stereocenters. The molecule has 0 radical (unpaired) electrons. The lowest BCUT2D eigenvalue weighted by Gasteiger charge is -2.34. The second-order valence-electron chi connectivity index (χ2n) is 5.60. The average Bonchev–Trinajstić information content (AvgIpc) is 2.62. The molecule has 120 valence electrons. The topological polar surface area (TPSA) is 52.6 Å². The summed E-state index contributed by atoms with van der Waals surface area (Å²) in [7, 11) is 2.00. The number of anilines is 3. The molecule has 2 heterocycles. The van der Waals surface area contributed by atoms with E-state index in [1.165, 1.54) is 0 Å². The molecule has 6 heteroatoms. The SMILES string of the molecule is CC(=O)N1CCN(c2nccc(N(C)c3ccccc3)n2)CC1. The van der Waals surface area contributed by atoms with Crippen molar-refractivity contribution in [3.63, 3.8) is 0 Å². The zero-order valence-electron chi connectivity index (χ0n) is 13.5. The van der Waals surface area contributed by atoms with E-state index < -0.39 is 0 Å². The monoisotopic (exact) mass is 311 g/mol. The summed E-state index contributed by atoms with van der Waals surface area (Å²) in [5, 5.41) is 0. The number of carbonyl (C=O) groups is 1. The van der Waals surface area contributed by atoms with Crippen molar-refractivity contribution in [2.45, 2.75) is 6.92 Å². The van der Waals surface area contributed by atoms with Gasteiger partial charge in [0.25, 0.3) is 0 Å². The average molecular weight is 311 g/mol. The molecule has 2 aromatic rings. The van der Waals surface area contributed by atoms with Crippen LogP contribution in [-0.2, 0) is 4.79 Å². The van der Waals surface area contributed by atoms with E-state index in [0.29, 0.717) is 5.95 Å². The van der Waals surface area contributed by atoms with E-state index in [2.05, 4.69) is 14.9 Å². The Hall–Kier alpha value is -2.63. The number of aromatic nitrogens is 2. The molecular formula is C17H21N5O. The van der Waals surface area contributed by atoms with Gasteiger partial charge >= 0.3 is 0 Å². The Morgan fingerprint density at radius 3 is 2.43 bits per heavy atom. The van der Waals surface area contributed by atoms with E-state index in [1.807, 2.05) is 53.2 Å². The third kappa shape index (κ3) is 3.41. The fourth-order valence-corrected chi connectivity index (χ4v) is 2.68. The van der Waals surface area contributed by atoms with Gasteiger partial charge in [0.1, 0.15) is 5.82 Å². The van der Waals surface area contributed by atoms with Gasteiger partial charge in [0.2, 0.25) is 11.9 Å². The Bertz CT molecular complexity index is 668. The number of rotatable bonds is 3. The van der Waals surface area contributed by atoms with Crippen LogP contribution >= 0.6 is 0 Å². The van der Waals surface area contributed by atoms with Gasteiger partial charge in [0, 0.05) is 52.0 Å². The fourth-order valence-electron chi connectivity index (χ4n) is 2.68. The van der Waals surface area contributed by atoms with Gasteiger partial charge in [-0.2, -0.15) is 4.98 Å². The normalized spacial score (nSPS) is 14.7. The molecule has 1 aliphatic rings. The highest BCUT2D eigenvalue weighted by atomic mass is 16.2. The van der Waals surface area contributed by atoms with Gasteiger partial charge < -0.3 is 14.7 Å². The Morgan fingerprint density at radius 1 is 1.09 bits per heavy atom. The van der Waals surface area contributed by atoms with Crippen LogP contribution in [0.2, 0.25) is 0 Å². The van der Waals surface area contributed by atoms with Crippen molar-refractivity contribution < 1.29 is 4.79 Å². The largest absolute Gasteiger partial charge is 0.339 e. The molecule has 0 spiro atoms. The van der Waals surface area contributed by atoms with Crippen molar-refractivity contribution in [3.8, 4) is 0 Å². The standard InChI is InChI=1S/C17H21N5O/c1-14(23)21-10-12-22(13-11-21)17-18-9-8-16(19-17)20(2)15-6-4-3-5-7-15/h3-9H,10-13H2,1-2H3. The van der Waals surface area contributed by atoms with Crippen molar-refractivity contribution in [1.82, 2.24) is 14.9 Å². The molecule has 0 bridgehead atoms. The van der Waals surface area contributed by atoms with Crippen molar-refractivity contribution >= 4 is 23.4 Å². The lowest BCUT2D eigenvalue weighted by molar-refractivity contribution is -0.129. The maximum Gasteiger partial charge on any atom is 0.227 e. The number of benzene rings is 1. The van der Waals surface area contributed by atoms with Gasteiger partial charge in [-0.3, -0.25) is 4.79 Å². The molecule has 6 nitrogen and oxygen atoms in total. The number of hydrogen-bond acceptors (Lipinski definition) is 5. The first kappa shape index (κ1) is 15.3. The van der Waals surface area contributed by atoms with Gasteiger partial charge in [-0.25, -0.2) is 4.98 Å². The molecular weight excluding hydrogens is 290 g/mol. The number of carbonyl (C=O) groups excluding carboxylic acids is 1. The number of amides is 1. The first-order valence-corrected chi connectivity index (χ1v) is 7.77. The lowest BCUT2D eigenvalue weighted by Crippen LogP contribution is -2.48. The predicted molar refractivity (Wildman–Crippen MR) is 91.0 cm³/mol. The van der Waals surface area contributed by atoms with Crippen LogP contribution in [0, 0.1) is 0 Å². The molecule has 1 amide bonds. The van der Waals surface area contributed by atoms with Gasteiger partial charge in [0.15, 0.2) is 0 Å². The minimum atomic E-state index is 0.128. The second-order valence-corrected chi connectivity index (χ2v) is 5.60. The molecule has 0 atom stereocenters. The van der Waals surface area contributed by atoms with Crippen LogP contribution in [0.25, 0.3) is 0 Å². The first-order valence-electron chi connectivity index (χ1n) is 7.77. The van der Waals surface area contributed by atoms with Crippen molar-refractivity contribution in [2.24, 2.45) is 0 Å². The van der Waals surface area contributed by atoms with E-state index in [-0.39, 0.29) is 5.91 Å². The maximum absolute atomic E-state index is 11.4. The number of nitrogens with zero attached hydrogens (tertiary/aromatic N) is 5. The molecule has 0 N–H and O–H groups in total. The number of para-hydroxylation sites is 1. The van der Waals surface area contributed by atoms with Crippen LogP contribution < -0.4 is 9.80 Å². The summed E-state index contributed by atoms with van der Waals surface area (Å²) in [6, 6.07) is 12.0. The molecule has 1 aromatic heterocycles.